The van der Waals surface area contributed by atoms with E-state index >= 15 is 0 Å². The largest absolute Gasteiger partial charge is 0.423 e. The molecule has 0 aliphatic rings. The van der Waals surface area contributed by atoms with E-state index in [1.54, 1.807) is 0 Å². The van der Waals surface area contributed by atoms with Crippen molar-refractivity contribution in [2.45, 2.75) is 13.8 Å². The van der Waals surface area contributed by atoms with E-state index in [-0.39, 0.29) is 17.8 Å². The van der Waals surface area contributed by atoms with Crippen LogP contribution in [0.4, 0.5) is 6.01 Å². The summed E-state index contributed by atoms with van der Waals surface area (Å²) in [6, 6.07) is 7.65. The minimum Gasteiger partial charge on any atom is -0.423 e. The predicted octanol–water partition coefficient (Wildman–Crippen LogP) is 2.42. The maximum Gasteiger partial charge on any atom is 0.302 e. The lowest BCUT2D eigenvalue weighted by molar-refractivity contribution is -0.119. The molecule has 0 aliphatic carbocycles. The number of amides is 1. The number of rotatable bonds is 2. The lowest BCUT2D eigenvalue weighted by atomic mass is 10.2. The van der Waals surface area contributed by atoms with Crippen molar-refractivity contribution in [3.63, 3.8) is 0 Å². The maximum absolute atomic E-state index is 11.4. The first-order chi connectivity index (χ1) is 7.16. The molecule has 0 unspecified atom stereocenters. The Kier molecular flexibility index (Phi) is 2.41. The lowest BCUT2D eigenvalue weighted by Gasteiger charge is -2.01. The molecule has 0 fully saturated rings. The van der Waals surface area contributed by atoms with Crippen LogP contribution < -0.4 is 5.32 Å². The molecule has 0 aliphatic heterocycles. The molecule has 1 heterocycles. The van der Waals surface area contributed by atoms with Crippen molar-refractivity contribution in [2.75, 3.05) is 5.32 Å². The minimum absolute atomic E-state index is 0.0833. The summed E-state index contributed by atoms with van der Waals surface area (Å²) in [6.07, 6.45) is 0. The number of hydrogen-bond acceptors (Lipinski definition) is 3. The molecule has 15 heavy (non-hydrogen) atoms. The molecule has 1 aromatic heterocycles. The molecule has 1 aromatic carbocycles. The van der Waals surface area contributed by atoms with Gasteiger partial charge < -0.3 is 4.42 Å². The number of anilines is 1. The highest BCUT2D eigenvalue weighted by Crippen LogP contribution is 2.18. The second-order valence-corrected chi connectivity index (χ2v) is 3.63. The Morgan fingerprint density at radius 3 is 2.80 bits per heavy atom. The van der Waals surface area contributed by atoms with Crippen molar-refractivity contribution >= 4 is 23.0 Å². The summed E-state index contributed by atoms with van der Waals surface area (Å²) in [4.78, 5) is 15.5. The number of para-hydroxylation sites is 2. The van der Waals surface area contributed by atoms with Crippen molar-refractivity contribution < 1.29 is 9.21 Å². The van der Waals surface area contributed by atoms with Crippen LogP contribution in [0.1, 0.15) is 13.8 Å². The van der Waals surface area contributed by atoms with E-state index in [0.717, 1.165) is 5.52 Å². The fourth-order valence-corrected chi connectivity index (χ4v) is 1.18. The maximum atomic E-state index is 11.4. The molecular weight excluding hydrogens is 192 g/mol. The highest BCUT2D eigenvalue weighted by molar-refractivity contribution is 5.91. The predicted molar refractivity (Wildman–Crippen MR) is 57.5 cm³/mol. The molecule has 1 N–H and O–H groups in total. The number of nitrogens with one attached hydrogen (secondary N) is 1. The van der Waals surface area contributed by atoms with Gasteiger partial charge >= 0.3 is 6.01 Å². The van der Waals surface area contributed by atoms with E-state index in [9.17, 15) is 4.79 Å². The minimum atomic E-state index is -0.0958. The third kappa shape index (κ3) is 1.98. The molecule has 0 spiro atoms. The van der Waals surface area contributed by atoms with Crippen LogP contribution in [0.3, 0.4) is 0 Å². The van der Waals surface area contributed by atoms with Gasteiger partial charge in [-0.1, -0.05) is 26.0 Å². The zero-order valence-corrected chi connectivity index (χ0v) is 8.65. The van der Waals surface area contributed by atoms with Crippen molar-refractivity contribution in [2.24, 2.45) is 5.92 Å². The van der Waals surface area contributed by atoms with Gasteiger partial charge in [0.25, 0.3) is 0 Å². The molecular formula is C11H12N2O2. The molecule has 2 rings (SSSR count). The van der Waals surface area contributed by atoms with E-state index in [1.165, 1.54) is 0 Å². The summed E-state index contributed by atoms with van der Waals surface area (Å²) >= 11 is 0. The Labute approximate surface area is 87.3 Å². The molecule has 0 bridgehead atoms. The Balaban J connectivity index is 2.26. The highest BCUT2D eigenvalue weighted by atomic mass is 16.4. The second kappa shape index (κ2) is 3.73. The number of fused-ring (bicyclic) bond motifs is 1. The van der Waals surface area contributed by atoms with E-state index in [1.807, 2.05) is 38.1 Å². The summed E-state index contributed by atoms with van der Waals surface area (Å²) in [5.74, 6) is -0.179. The third-order valence-electron chi connectivity index (χ3n) is 2.05. The molecule has 1 amide bonds. The fraction of sp³-hybridized carbons (Fsp3) is 0.273. The van der Waals surface area contributed by atoms with Gasteiger partial charge in [0.15, 0.2) is 5.58 Å². The van der Waals surface area contributed by atoms with E-state index in [0.29, 0.717) is 5.58 Å². The van der Waals surface area contributed by atoms with Crippen molar-refractivity contribution in [3.05, 3.63) is 24.3 Å². The highest BCUT2D eigenvalue weighted by Gasteiger charge is 2.11. The van der Waals surface area contributed by atoms with Crippen LogP contribution in [0.5, 0.6) is 0 Å². The first-order valence-electron chi connectivity index (χ1n) is 4.83. The molecule has 0 saturated carbocycles. The fourth-order valence-electron chi connectivity index (χ4n) is 1.18. The number of hydrogen-bond donors (Lipinski definition) is 1. The second-order valence-electron chi connectivity index (χ2n) is 3.63. The Morgan fingerprint density at radius 1 is 1.40 bits per heavy atom. The zero-order valence-electron chi connectivity index (χ0n) is 8.65. The molecule has 4 heteroatoms. The molecule has 0 radical (unpaired) electrons. The van der Waals surface area contributed by atoms with Crippen LogP contribution in [0, 0.1) is 5.92 Å². The number of nitrogens with zero attached hydrogens (tertiary/aromatic N) is 1. The number of carbonyl (C=O) groups is 1. The zero-order chi connectivity index (χ0) is 10.8. The van der Waals surface area contributed by atoms with Gasteiger partial charge in [-0.2, -0.15) is 4.98 Å². The van der Waals surface area contributed by atoms with E-state index in [2.05, 4.69) is 10.3 Å². The van der Waals surface area contributed by atoms with Gasteiger partial charge in [0, 0.05) is 5.92 Å². The smallest absolute Gasteiger partial charge is 0.302 e. The van der Waals surface area contributed by atoms with Crippen LogP contribution in [-0.4, -0.2) is 10.9 Å². The normalized spacial score (nSPS) is 10.9. The molecule has 0 atom stereocenters. The average molecular weight is 204 g/mol. The summed E-state index contributed by atoms with van der Waals surface area (Å²) in [5.41, 5.74) is 1.42. The first-order valence-corrected chi connectivity index (χ1v) is 4.83. The van der Waals surface area contributed by atoms with Crippen LogP contribution in [0.25, 0.3) is 11.1 Å². The van der Waals surface area contributed by atoms with E-state index < -0.39 is 0 Å². The van der Waals surface area contributed by atoms with Gasteiger partial charge in [-0.3, -0.25) is 10.1 Å². The van der Waals surface area contributed by atoms with Crippen LogP contribution in [0.15, 0.2) is 28.7 Å². The molecule has 0 saturated heterocycles. The Bertz CT molecular complexity index is 455. The van der Waals surface area contributed by atoms with Gasteiger partial charge in [-0.15, -0.1) is 0 Å². The van der Waals surface area contributed by atoms with Gasteiger partial charge in [-0.05, 0) is 12.1 Å². The van der Waals surface area contributed by atoms with Crippen LogP contribution in [0.2, 0.25) is 0 Å². The monoisotopic (exact) mass is 204 g/mol. The standard InChI is InChI=1S/C11H12N2O2/c1-7(2)10(14)13-11-12-8-5-3-4-6-9(8)15-11/h3-7H,1-2H3,(H,12,13,14). The van der Waals surface area contributed by atoms with Crippen molar-refractivity contribution in [1.82, 2.24) is 4.98 Å². The average Bonchev–Trinajstić information content (AvgIpc) is 2.59. The van der Waals surface area contributed by atoms with E-state index in [4.69, 9.17) is 4.42 Å². The Hall–Kier alpha value is -1.84. The van der Waals surface area contributed by atoms with Crippen molar-refractivity contribution in [1.29, 1.82) is 0 Å². The number of oxazole rings is 1. The van der Waals surface area contributed by atoms with Gasteiger partial charge in [0.05, 0.1) is 0 Å². The van der Waals surface area contributed by atoms with Crippen LogP contribution >= 0.6 is 0 Å². The SMILES string of the molecule is CC(C)C(=O)Nc1nc2ccccc2o1. The van der Waals surface area contributed by atoms with Gasteiger partial charge in [0.1, 0.15) is 5.52 Å². The number of aromatic nitrogens is 1. The van der Waals surface area contributed by atoms with Gasteiger partial charge in [0.2, 0.25) is 5.91 Å². The molecule has 78 valence electrons. The van der Waals surface area contributed by atoms with Crippen molar-refractivity contribution in [3.8, 4) is 0 Å². The topological polar surface area (TPSA) is 55.1 Å². The summed E-state index contributed by atoms with van der Waals surface area (Å²) in [6.45, 7) is 3.63. The summed E-state index contributed by atoms with van der Waals surface area (Å²) < 4.78 is 5.35. The Morgan fingerprint density at radius 2 is 2.13 bits per heavy atom. The third-order valence-corrected chi connectivity index (χ3v) is 2.05. The molecule has 4 nitrogen and oxygen atoms in total. The summed E-state index contributed by atoms with van der Waals surface area (Å²) in [7, 11) is 0. The lowest BCUT2D eigenvalue weighted by Crippen LogP contribution is -2.17. The first kappa shape index (κ1) is 9.71. The number of benzene rings is 1. The van der Waals surface area contributed by atoms with Crippen LogP contribution in [-0.2, 0) is 4.79 Å². The number of carbonyl (C=O) groups excluding carboxylic acids is 1. The quantitative estimate of drug-likeness (QED) is 0.817. The van der Waals surface area contributed by atoms with Gasteiger partial charge in [-0.25, -0.2) is 0 Å². The summed E-state index contributed by atoms with van der Waals surface area (Å²) in [5, 5.41) is 2.61. The molecule has 2 aromatic rings.